The van der Waals surface area contributed by atoms with Crippen LogP contribution in [0.1, 0.15) is 37.5 Å². The third-order valence-corrected chi connectivity index (χ3v) is 5.60. The molecule has 1 heterocycles. The number of halogens is 1. The van der Waals surface area contributed by atoms with Crippen molar-refractivity contribution in [1.29, 1.82) is 0 Å². The zero-order valence-electron chi connectivity index (χ0n) is 17.7. The Balaban J connectivity index is 1.73. The number of carbonyl (C=O) groups excluding carboxylic acids is 1. The molecule has 2 nitrogen and oxygen atoms in total. The lowest BCUT2D eigenvalue weighted by Gasteiger charge is -2.19. The van der Waals surface area contributed by atoms with Gasteiger partial charge in [-0.15, -0.1) is 0 Å². The van der Waals surface area contributed by atoms with Crippen molar-refractivity contribution in [2.24, 2.45) is 0 Å². The second kappa shape index (κ2) is 7.91. The maximum Gasteiger partial charge on any atom is 0.124 e. The van der Waals surface area contributed by atoms with Crippen LogP contribution >= 0.6 is 0 Å². The summed E-state index contributed by atoms with van der Waals surface area (Å²) in [5.41, 5.74) is 6.50. The molecule has 4 rings (SSSR count). The molecule has 0 aliphatic carbocycles. The number of carbonyl (C=O) groups is 1. The van der Waals surface area contributed by atoms with Crippen molar-refractivity contribution in [2.45, 2.75) is 39.2 Å². The van der Waals surface area contributed by atoms with Gasteiger partial charge in [-0.3, -0.25) is 0 Å². The Bertz CT molecular complexity index is 1200. The van der Waals surface area contributed by atoms with E-state index in [4.69, 9.17) is 0 Å². The largest absolute Gasteiger partial charge is 0.343 e. The highest BCUT2D eigenvalue weighted by molar-refractivity contribution is 5.90. The minimum Gasteiger partial charge on any atom is -0.343 e. The van der Waals surface area contributed by atoms with Gasteiger partial charge < -0.3 is 9.36 Å². The van der Waals surface area contributed by atoms with E-state index >= 15 is 0 Å². The molecule has 0 unspecified atom stereocenters. The molecule has 152 valence electrons. The van der Waals surface area contributed by atoms with E-state index in [-0.39, 0.29) is 11.2 Å². The Morgan fingerprint density at radius 3 is 2.33 bits per heavy atom. The minimum atomic E-state index is -0.253. The molecule has 0 saturated heterocycles. The first-order valence-electron chi connectivity index (χ1n) is 10.3. The first-order chi connectivity index (χ1) is 14.3. The molecule has 0 radical (unpaired) electrons. The normalized spacial score (nSPS) is 11.7. The van der Waals surface area contributed by atoms with E-state index in [9.17, 15) is 9.18 Å². The third-order valence-electron chi connectivity index (χ3n) is 5.60. The fraction of sp³-hybridized carbons (Fsp3) is 0.222. The topological polar surface area (TPSA) is 22.0 Å². The first-order valence-corrected chi connectivity index (χ1v) is 10.3. The van der Waals surface area contributed by atoms with E-state index < -0.39 is 0 Å². The van der Waals surface area contributed by atoms with Gasteiger partial charge in [0.15, 0.2) is 0 Å². The van der Waals surface area contributed by atoms with Crippen molar-refractivity contribution >= 4 is 17.2 Å². The van der Waals surface area contributed by atoms with Gasteiger partial charge in [0.25, 0.3) is 0 Å². The van der Waals surface area contributed by atoms with Crippen LogP contribution in [0.4, 0.5) is 4.39 Å². The second-order valence-corrected chi connectivity index (χ2v) is 8.84. The molecule has 0 aliphatic heterocycles. The van der Waals surface area contributed by atoms with Crippen LogP contribution in [-0.4, -0.2) is 10.9 Å². The van der Waals surface area contributed by atoms with E-state index in [0.717, 1.165) is 40.4 Å². The summed E-state index contributed by atoms with van der Waals surface area (Å²) in [5.74, 6) is -0.253. The summed E-state index contributed by atoms with van der Waals surface area (Å²) < 4.78 is 15.9. The fourth-order valence-corrected chi connectivity index (χ4v) is 3.91. The van der Waals surface area contributed by atoms with Crippen LogP contribution in [0.15, 0.2) is 72.9 Å². The summed E-state index contributed by atoms with van der Waals surface area (Å²) >= 11 is 0. The average molecular weight is 400 g/mol. The number of fused-ring (bicyclic) bond motifs is 1. The van der Waals surface area contributed by atoms with Gasteiger partial charge in [-0.05, 0) is 57.5 Å². The molecule has 0 atom stereocenters. The summed E-state index contributed by atoms with van der Waals surface area (Å²) in [5, 5.41) is 1.04. The molecule has 0 spiro atoms. The highest BCUT2D eigenvalue weighted by Gasteiger charge is 2.14. The maximum absolute atomic E-state index is 13.7. The predicted molar refractivity (Wildman–Crippen MR) is 121 cm³/mol. The van der Waals surface area contributed by atoms with Gasteiger partial charge in [-0.2, -0.15) is 0 Å². The van der Waals surface area contributed by atoms with Gasteiger partial charge in [0.1, 0.15) is 12.1 Å². The number of rotatable bonds is 5. The molecule has 4 aromatic rings. The standard InChI is InChI=1S/C27H26FNO/c1-27(2,3)23-10-7-19(8-11-23)17-29-18-22(13-14-30)25-16-21(9-12-26(25)29)20-5-4-6-24(28)15-20/h4-12,14-16,18H,13,17H2,1-3H3. The predicted octanol–water partition coefficient (Wildman–Crippen LogP) is 6.53. The maximum atomic E-state index is 13.7. The fourth-order valence-electron chi connectivity index (χ4n) is 3.91. The Morgan fingerprint density at radius 2 is 1.67 bits per heavy atom. The van der Waals surface area contributed by atoms with E-state index in [1.54, 1.807) is 6.07 Å². The first kappa shape index (κ1) is 20.1. The van der Waals surface area contributed by atoms with Crippen molar-refractivity contribution in [3.8, 4) is 11.1 Å². The average Bonchev–Trinajstić information content (AvgIpc) is 3.05. The van der Waals surface area contributed by atoms with Gasteiger partial charge >= 0.3 is 0 Å². The second-order valence-electron chi connectivity index (χ2n) is 8.84. The molecule has 0 bridgehead atoms. The zero-order chi connectivity index (χ0) is 21.3. The van der Waals surface area contributed by atoms with Gasteiger partial charge in [-0.25, -0.2) is 4.39 Å². The number of hydrogen-bond donors (Lipinski definition) is 0. The third kappa shape index (κ3) is 4.06. The summed E-state index contributed by atoms with van der Waals surface area (Å²) in [4.78, 5) is 11.3. The molecule has 3 heteroatoms. The Morgan fingerprint density at radius 1 is 0.933 bits per heavy atom. The Labute approximate surface area is 177 Å². The van der Waals surface area contributed by atoms with Crippen molar-refractivity contribution in [3.63, 3.8) is 0 Å². The molecular weight excluding hydrogens is 373 g/mol. The lowest BCUT2D eigenvalue weighted by molar-refractivity contribution is -0.107. The van der Waals surface area contributed by atoms with Gasteiger partial charge in [-0.1, -0.05) is 63.2 Å². The van der Waals surface area contributed by atoms with Crippen LogP contribution < -0.4 is 0 Å². The van der Waals surface area contributed by atoms with Crippen LogP contribution in [0.25, 0.3) is 22.0 Å². The molecule has 0 aliphatic rings. The van der Waals surface area contributed by atoms with Crippen LogP contribution in [-0.2, 0) is 23.2 Å². The van der Waals surface area contributed by atoms with Gasteiger partial charge in [0, 0.05) is 30.1 Å². The summed E-state index contributed by atoms with van der Waals surface area (Å²) in [7, 11) is 0. The molecule has 0 N–H and O–H groups in total. The lowest BCUT2D eigenvalue weighted by Crippen LogP contribution is -2.11. The molecule has 0 fully saturated rings. The van der Waals surface area contributed by atoms with Crippen molar-refractivity contribution in [2.75, 3.05) is 0 Å². The zero-order valence-corrected chi connectivity index (χ0v) is 17.7. The van der Waals surface area contributed by atoms with Gasteiger partial charge in [0.2, 0.25) is 0 Å². The molecule has 0 amide bonds. The van der Waals surface area contributed by atoms with Crippen LogP contribution in [0.5, 0.6) is 0 Å². The van der Waals surface area contributed by atoms with Crippen molar-refractivity contribution in [1.82, 2.24) is 4.57 Å². The van der Waals surface area contributed by atoms with Crippen molar-refractivity contribution in [3.05, 3.63) is 95.4 Å². The lowest BCUT2D eigenvalue weighted by atomic mass is 9.87. The van der Waals surface area contributed by atoms with Crippen molar-refractivity contribution < 1.29 is 9.18 Å². The SMILES string of the molecule is CC(C)(C)c1ccc(Cn2cc(CC=O)c3cc(-c4cccc(F)c4)ccc32)cc1. The number of hydrogen-bond acceptors (Lipinski definition) is 1. The number of aromatic nitrogens is 1. The quantitative estimate of drug-likeness (QED) is 0.350. The van der Waals surface area contributed by atoms with Crippen LogP contribution in [0, 0.1) is 5.82 Å². The van der Waals surface area contributed by atoms with E-state index in [0.29, 0.717) is 6.42 Å². The Kier molecular flexibility index (Phi) is 5.29. The van der Waals surface area contributed by atoms with Crippen LogP contribution in [0.2, 0.25) is 0 Å². The molecule has 30 heavy (non-hydrogen) atoms. The van der Waals surface area contributed by atoms with Gasteiger partial charge in [0.05, 0.1) is 0 Å². The molecular formula is C27H26FNO. The van der Waals surface area contributed by atoms with E-state index in [2.05, 4.69) is 67.9 Å². The van der Waals surface area contributed by atoms with Crippen LogP contribution in [0.3, 0.4) is 0 Å². The highest BCUT2D eigenvalue weighted by atomic mass is 19.1. The monoisotopic (exact) mass is 399 g/mol. The Hall–Kier alpha value is -3.20. The molecule has 1 aromatic heterocycles. The summed E-state index contributed by atoms with van der Waals surface area (Å²) in [6.45, 7) is 7.37. The van der Waals surface area contributed by atoms with E-state index in [1.165, 1.54) is 23.3 Å². The summed E-state index contributed by atoms with van der Waals surface area (Å²) in [6, 6.07) is 21.5. The molecule has 3 aromatic carbocycles. The molecule has 0 saturated carbocycles. The van der Waals surface area contributed by atoms with E-state index in [1.807, 2.05) is 12.1 Å². The number of nitrogens with zero attached hydrogens (tertiary/aromatic N) is 1. The number of benzene rings is 3. The highest BCUT2D eigenvalue weighted by Crippen LogP contribution is 2.29. The smallest absolute Gasteiger partial charge is 0.124 e. The number of aldehydes is 1. The summed E-state index contributed by atoms with van der Waals surface area (Å²) in [6.07, 6.45) is 3.36. The minimum absolute atomic E-state index is 0.128.